The molecule has 0 aromatic heterocycles. The molecular weight excluding hydrogens is 436 g/mol. The number of aliphatic imine (C=N–C) groups is 1. The van der Waals surface area contributed by atoms with Crippen LogP contribution in [0.25, 0.3) is 0 Å². The number of aryl methyl sites for hydroxylation is 2. The van der Waals surface area contributed by atoms with E-state index in [-0.39, 0.29) is 5.91 Å². The van der Waals surface area contributed by atoms with Crippen molar-refractivity contribution in [2.45, 2.75) is 45.4 Å². The van der Waals surface area contributed by atoms with Crippen LogP contribution in [0.1, 0.15) is 64.2 Å². The van der Waals surface area contributed by atoms with E-state index in [1.165, 1.54) is 5.56 Å². The largest absolute Gasteiger partial charge is 0.391 e. The Morgan fingerprint density at radius 1 is 1.11 bits per heavy atom. The van der Waals surface area contributed by atoms with Crippen molar-refractivity contribution in [3.8, 4) is 6.07 Å². The number of piperidine rings is 1. The molecule has 0 aliphatic carbocycles. The molecule has 0 spiro atoms. The maximum absolute atomic E-state index is 13.5. The van der Waals surface area contributed by atoms with E-state index in [2.05, 4.69) is 17.5 Å². The molecule has 0 saturated carbocycles. The molecule has 0 unspecified atom stereocenters. The zero-order valence-electron chi connectivity index (χ0n) is 20.9. The molecule has 6 heteroatoms. The fourth-order valence-electron chi connectivity index (χ4n) is 4.97. The van der Waals surface area contributed by atoms with Gasteiger partial charge in [-0.1, -0.05) is 18.2 Å². The summed E-state index contributed by atoms with van der Waals surface area (Å²) in [5.74, 6) is 0.500. The number of ether oxygens (including phenoxy) is 1. The molecule has 2 heterocycles. The fourth-order valence-corrected chi connectivity index (χ4v) is 4.97. The van der Waals surface area contributed by atoms with Crippen LogP contribution in [0.3, 0.4) is 0 Å². The summed E-state index contributed by atoms with van der Waals surface area (Å²) in [6.07, 6.45) is 5.46. The Morgan fingerprint density at radius 2 is 1.83 bits per heavy atom. The number of rotatable bonds is 5. The van der Waals surface area contributed by atoms with Gasteiger partial charge < -0.3 is 15.0 Å². The summed E-state index contributed by atoms with van der Waals surface area (Å²) in [4.78, 5) is 20.2. The van der Waals surface area contributed by atoms with E-state index in [4.69, 9.17) is 15.0 Å². The molecule has 2 aromatic rings. The first-order chi connectivity index (χ1) is 17.0. The number of nitrogens with one attached hydrogen (secondary N) is 1. The van der Waals surface area contributed by atoms with Crippen molar-refractivity contribution in [1.82, 2.24) is 10.2 Å². The van der Waals surface area contributed by atoms with Crippen molar-refractivity contribution in [2.24, 2.45) is 4.99 Å². The Kier molecular flexibility index (Phi) is 7.99. The molecule has 6 nitrogen and oxygen atoms in total. The van der Waals surface area contributed by atoms with Gasteiger partial charge in [0, 0.05) is 44.0 Å². The van der Waals surface area contributed by atoms with Crippen molar-refractivity contribution in [1.29, 1.82) is 5.26 Å². The molecule has 4 rings (SSSR count). The van der Waals surface area contributed by atoms with Gasteiger partial charge in [-0.2, -0.15) is 5.26 Å². The summed E-state index contributed by atoms with van der Waals surface area (Å²) in [6, 6.07) is 14.0. The first kappa shape index (κ1) is 24.7. The number of likely N-dealkylation sites (tertiary alicyclic amines) is 1. The second-order valence-corrected chi connectivity index (χ2v) is 9.38. The summed E-state index contributed by atoms with van der Waals surface area (Å²) in [6.45, 7) is 6.92. The van der Waals surface area contributed by atoms with E-state index in [0.29, 0.717) is 18.1 Å². The quantitative estimate of drug-likeness (QED) is 0.611. The lowest BCUT2D eigenvalue weighted by atomic mass is 9.88. The Bertz CT molecular complexity index is 1170. The molecule has 2 aliphatic rings. The maximum atomic E-state index is 13.5. The SMILES string of the molecule is CNC1=C(C=Nc2cc(C(=O)N3CCC(c4ccc(C#N)cc4)CC3)c(C)cc2C)CCOCC1. The van der Waals surface area contributed by atoms with Crippen molar-refractivity contribution in [3.63, 3.8) is 0 Å². The highest BCUT2D eigenvalue weighted by Gasteiger charge is 2.26. The number of carbonyl (C=O) groups is 1. The lowest BCUT2D eigenvalue weighted by Crippen LogP contribution is -2.38. The van der Waals surface area contributed by atoms with Crippen LogP contribution in [0, 0.1) is 25.2 Å². The Hall–Kier alpha value is -3.43. The molecule has 1 N–H and O–H groups in total. The van der Waals surface area contributed by atoms with Crippen molar-refractivity contribution < 1.29 is 9.53 Å². The smallest absolute Gasteiger partial charge is 0.254 e. The molecule has 2 aliphatic heterocycles. The van der Waals surface area contributed by atoms with E-state index in [1.54, 1.807) is 0 Å². The fraction of sp³-hybridized carbons (Fsp3) is 0.414. The average molecular weight is 471 g/mol. The Morgan fingerprint density at radius 3 is 2.51 bits per heavy atom. The zero-order valence-corrected chi connectivity index (χ0v) is 20.9. The van der Waals surface area contributed by atoms with Gasteiger partial charge in [-0.05, 0) is 79.5 Å². The molecule has 35 heavy (non-hydrogen) atoms. The van der Waals surface area contributed by atoms with Crippen molar-refractivity contribution in [3.05, 3.63) is 75.5 Å². The second kappa shape index (κ2) is 11.3. The number of hydrogen-bond donors (Lipinski definition) is 1. The minimum Gasteiger partial charge on any atom is -0.391 e. The minimum atomic E-state index is 0.0789. The van der Waals surface area contributed by atoms with E-state index in [1.807, 2.05) is 62.3 Å². The number of amides is 1. The molecule has 0 radical (unpaired) electrons. The molecule has 182 valence electrons. The summed E-state index contributed by atoms with van der Waals surface area (Å²) < 4.78 is 5.61. The predicted molar refractivity (Wildman–Crippen MR) is 139 cm³/mol. The normalized spacial score (nSPS) is 17.4. The highest BCUT2D eigenvalue weighted by atomic mass is 16.5. The molecule has 0 bridgehead atoms. The monoisotopic (exact) mass is 470 g/mol. The zero-order chi connectivity index (χ0) is 24.8. The third-order valence-electron chi connectivity index (χ3n) is 7.13. The first-order valence-corrected chi connectivity index (χ1v) is 12.4. The van der Waals surface area contributed by atoms with Gasteiger partial charge in [0.2, 0.25) is 0 Å². The Balaban J connectivity index is 1.48. The summed E-state index contributed by atoms with van der Waals surface area (Å²) in [5, 5.41) is 12.3. The lowest BCUT2D eigenvalue weighted by Gasteiger charge is -2.32. The Labute approximate surface area is 208 Å². The molecular formula is C29H34N4O2. The van der Waals surface area contributed by atoms with Gasteiger partial charge in [0.15, 0.2) is 0 Å². The van der Waals surface area contributed by atoms with Gasteiger partial charge in [-0.3, -0.25) is 9.79 Å². The maximum Gasteiger partial charge on any atom is 0.254 e. The average Bonchev–Trinajstić information content (AvgIpc) is 3.13. The minimum absolute atomic E-state index is 0.0789. The molecule has 1 amide bonds. The third-order valence-corrected chi connectivity index (χ3v) is 7.13. The molecule has 1 fully saturated rings. The van der Waals surface area contributed by atoms with E-state index in [0.717, 1.165) is 79.0 Å². The van der Waals surface area contributed by atoms with Crippen LogP contribution in [-0.2, 0) is 4.74 Å². The third kappa shape index (κ3) is 5.80. The van der Waals surface area contributed by atoms with Gasteiger partial charge in [0.1, 0.15) is 0 Å². The number of benzene rings is 2. The number of carbonyl (C=O) groups excluding carboxylic acids is 1. The topological polar surface area (TPSA) is 77.7 Å². The number of hydrogen-bond acceptors (Lipinski definition) is 5. The van der Waals surface area contributed by atoms with E-state index >= 15 is 0 Å². The standard InChI is InChI=1S/C29H34N4O2/c1-20-16-21(2)28(32-19-25-10-14-35-15-11-27(25)31-3)17-26(20)29(34)33-12-8-24(9-13-33)23-6-4-22(18-30)5-7-23/h4-7,16-17,19,24,31H,8-15H2,1-3H3. The van der Waals surface area contributed by atoms with Crippen LogP contribution in [0.4, 0.5) is 5.69 Å². The predicted octanol–water partition coefficient (Wildman–Crippen LogP) is 5.18. The van der Waals surface area contributed by atoms with Gasteiger partial charge in [-0.15, -0.1) is 0 Å². The van der Waals surface area contributed by atoms with Gasteiger partial charge >= 0.3 is 0 Å². The van der Waals surface area contributed by atoms with Crippen LogP contribution >= 0.6 is 0 Å². The van der Waals surface area contributed by atoms with Crippen molar-refractivity contribution in [2.75, 3.05) is 33.4 Å². The van der Waals surface area contributed by atoms with Gasteiger partial charge in [0.05, 0.1) is 30.5 Å². The molecule has 1 saturated heterocycles. The lowest BCUT2D eigenvalue weighted by molar-refractivity contribution is 0.0712. The first-order valence-electron chi connectivity index (χ1n) is 12.4. The highest BCUT2D eigenvalue weighted by Crippen LogP contribution is 2.30. The van der Waals surface area contributed by atoms with Crippen molar-refractivity contribution >= 4 is 17.8 Å². The highest BCUT2D eigenvalue weighted by molar-refractivity contribution is 5.97. The van der Waals surface area contributed by atoms with Crippen LogP contribution in [-0.4, -0.2) is 50.4 Å². The summed E-state index contributed by atoms with van der Waals surface area (Å²) >= 11 is 0. The molecule has 0 atom stereocenters. The van der Waals surface area contributed by atoms with Gasteiger partial charge in [-0.25, -0.2) is 0 Å². The second-order valence-electron chi connectivity index (χ2n) is 9.38. The summed E-state index contributed by atoms with van der Waals surface area (Å²) in [7, 11) is 1.94. The summed E-state index contributed by atoms with van der Waals surface area (Å²) in [5.41, 5.74) is 7.86. The van der Waals surface area contributed by atoms with E-state index in [9.17, 15) is 4.79 Å². The van der Waals surface area contributed by atoms with Crippen LogP contribution < -0.4 is 5.32 Å². The number of nitriles is 1. The van der Waals surface area contributed by atoms with Crippen LogP contribution in [0.5, 0.6) is 0 Å². The van der Waals surface area contributed by atoms with E-state index < -0.39 is 0 Å². The van der Waals surface area contributed by atoms with Crippen LogP contribution in [0.2, 0.25) is 0 Å². The number of nitrogens with zero attached hydrogens (tertiary/aromatic N) is 3. The molecule has 2 aromatic carbocycles. The van der Waals surface area contributed by atoms with Gasteiger partial charge in [0.25, 0.3) is 5.91 Å². The van der Waals surface area contributed by atoms with Crippen LogP contribution in [0.15, 0.2) is 52.7 Å².